The summed E-state index contributed by atoms with van der Waals surface area (Å²) in [6, 6.07) is 2.02. The van der Waals surface area contributed by atoms with Crippen molar-refractivity contribution < 1.29 is 9.53 Å². The van der Waals surface area contributed by atoms with Crippen LogP contribution >= 0.6 is 0 Å². The summed E-state index contributed by atoms with van der Waals surface area (Å²) in [6.07, 6.45) is 2.13. The lowest BCUT2D eigenvalue weighted by Crippen LogP contribution is -2.56. The van der Waals surface area contributed by atoms with Gasteiger partial charge < -0.3 is 10.1 Å². The number of likely N-dealkylation sites (N-methyl/N-ethyl adjacent to an activating group) is 1. The number of hydrogen-bond acceptors (Lipinski definition) is 4. The van der Waals surface area contributed by atoms with E-state index in [9.17, 15) is 4.79 Å². The Morgan fingerprint density at radius 3 is 2.67 bits per heavy atom. The molecule has 1 N–H and O–H groups in total. The number of aromatic nitrogens is 2. The topological polar surface area (TPSA) is 56.2 Å². The summed E-state index contributed by atoms with van der Waals surface area (Å²) in [5, 5.41) is 7.62. The molecule has 0 aromatic carbocycles. The Bertz CT molecular complexity index is 451. The van der Waals surface area contributed by atoms with Crippen LogP contribution in [0.1, 0.15) is 24.2 Å². The van der Waals surface area contributed by atoms with Gasteiger partial charge in [-0.25, -0.2) is 4.79 Å². The van der Waals surface area contributed by atoms with Crippen molar-refractivity contribution in [1.29, 1.82) is 0 Å². The van der Waals surface area contributed by atoms with Gasteiger partial charge >= 0.3 is 5.97 Å². The van der Waals surface area contributed by atoms with Gasteiger partial charge in [-0.15, -0.1) is 0 Å². The molecule has 1 aromatic heterocycles. The van der Waals surface area contributed by atoms with Gasteiger partial charge in [-0.1, -0.05) is 0 Å². The molecule has 0 radical (unpaired) electrons. The summed E-state index contributed by atoms with van der Waals surface area (Å²) in [5.74, 6) is 0.152. The van der Waals surface area contributed by atoms with Crippen molar-refractivity contribution in [3.8, 4) is 0 Å². The molecule has 18 heavy (non-hydrogen) atoms. The normalized spacial score (nSPS) is 18.4. The Morgan fingerprint density at radius 2 is 2.28 bits per heavy atom. The molecule has 0 saturated heterocycles. The van der Waals surface area contributed by atoms with Crippen molar-refractivity contribution >= 4 is 5.97 Å². The largest absolute Gasteiger partial charge is 0.468 e. The highest BCUT2D eigenvalue weighted by atomic mass is 16.5. The van der Waals surface area contributed by atoms with Gasteiger partial charge in [-0.2, -0.15) is 5.10 Å². The average molecular weight is 251 g/mol. The van der Waals surface area contributed by atoms with E-state index in [1.165, 1.54) is 7.11 Å². The fourth-order valence-electron chi connectivity index (χ4n) is 2.58. The van der Waals surface area contributed by atoms with E-state index in [-0.39, 0.29) is 5.97 Å². The van der Waals surface area contributed by atoms with E-state index in [4.69, 9.17) is 4.74 Å². The van der Waals surface area contributed by atoms with Crippen molar-refractivity contribution in [1.82, 2.24) is 15.1 Å². The predicted octanol–water partition coefficient (Wildman–Crippen LogP) is 1.04. The fourth-order valence-corrected chi connectivity index (χ4v) is 2.58. The quantitative estimate of drug-likeness (QED) is 0.794. The second kappa shape index (κ2) is 4.72. The maximum atomic E-state index is 12.1. The fraction of sp³-hybridized carbons (Fsp3) is 0.692. The molecule has 1 aliphatic carbocycles. The molecular formula is C13H21N3O2. The van der Waals surface area contributed by atoms with Gasteiger partial charge in [0, 0.05) is 5.69 Å². The molecule has 5 nitrogen and oxygen atoms in total. The molecule has 5 heteroatoms. The molecule has 0 amide bonds. The molecule has 1 heterocycles. The van der Waals surface area contributed by atoms with Crippen molar-refractivity contribution in [2.45, 2.75) is 38.8 Å². The van der Waals surface area contributed by atoms with Crippen molar-refractivity contribution in [3.63, 3.8) is 0 Å². The number of carbonyl (C=O) groups excluding carboxylic acids is 1. The number of esters is 1. The van der Waals surface area contributed by atoms with Crippen LogP contribution in [-0.2, 0) is 16.1 Å². The number of rotatable bonds is 5. The van der Waals surface area contributed by atoms with Gasteiger partial charge in [-0.3, -0.25) is 4.68 Å². The van der Waals surface area contributed by atoms with E-state index in [0.717, 1.165) is 24.2 Å². The summed E-state index contributed by atoms with van der Waals surface area (Å²) in [5.41, 5.74) is 1.40. The average Bonchev–Trinajstić information content (AvgIpc) is 3.13. The maximum absolute atomic E-state index is 12.1. The molecule has 1 aromatic rings. The van der Waals surface area contributed by atoms with Crippen molar-refractivity contribution in [3.05, 3.63) is 17.5 Å². The van der Waals surface area contributed by atoms with E-state index >= 15 is 0 Å². The third-order valence-corrected chi connectivity index (χ3v) is 3.77. The SMILES string of the molecule is CNC(Cn1nc(C)cc1C)(C(=O)OC)C1CC1. The van der Waals surface area contributed by atoms with Gasteiger partial charge in [0.05, 0.1) is 19.3 Å². The first-order chi connectivity index (χ1) is 8.53. The molecule has 1 unspecified atom stereocenters. The Morgan fingerprint density at radius 1 is 1.61 bits per heavy atom. The van der Waals surface area contributed by atoms with Gasteiger partial charge in [0.15, 0.2) is 0 Å². The Kier molecular flexibility index (Phi) is 3.43. The monoisotopic (exact) mass is 251 g/mol. The zero-order valence-electron chi connectivity index (χ0n) is 11.5. The van der Waals surface area contributed by atoms with Crippen molar-refractivity contribution in [2.75, 3.05) is 14.2 Å². The smallest absolute Gasteiger partial charge is 0.328 e. The minimum absolute atomic E-state index is 0.194. The lowest BCUT2D eigenvalue weighted by Gasteiger charge is -2.31. The van der Waals surface area contributed by atoms with E-state index < -0.39 is 5.54 Å². The van der Waals surface area contributed by atoms with Crippen LogP contribution < -0.4 is 5.32 Å². The summed E-state index contributed by atoms with van der Waals surface area (Å²) in [6.45, 7) is 4.49. The number of nitrogens with one attached hydrogen (secondary N) is 1. The molecular weight excluding hydrogens is 230 g/mol. The van der Waals surface area contributed by atoms with Crippen LogP contribution in [0.25, 0.3) is 0 Å². The summed E-state index contributed by atoms with van der Waals surface area (Å²) in [4.78, 5) is 12.1. The number of ether oxygens (including phenoxy) is 1. The first-order valence-electron chi connectivity index (χ1n) is 6.32. The Balaban J connectivity index is 2.30. The zero-order chi connectivity index (χ0) is 13.3. The third kappa shape index (κ3) is 2.14. The number of methoxy groups -OCH3 is 1. The number of carbonyl (C=O) groups is 1. The van der Waals surface area contributed by atoms with Gasteiger partial charge in [0.1, 0.15) is 5.54 Å². The molecule has 1 fully saturated rings. The molecule has 0 aliphatic heterocycles. The molecule has 0 spiro atoms. The minimum atomic E-state index is -0.641. The lowest BCUT2D eigenvalue weighted by molar-refractivity contribution is -0.150. The van der Waals surface area contributed by atoms with E-state index in [0.29, 0.717) is 12.5 Å². The second-order valence-corrected chi connectivity index (χ2v) is 5.07. The van der Waals surface area contributed by atoms with Crippen LogP contribution in [0.2, 0.25) is 0 Å². The number of hydrogen-bond donors (Lipinski definition) is 1. The predicted molar refractivity (Wildman–Crippen MR) is 68.2 cm³/mol. The maximum Gasteiger partial charge on any atom is 0.328 e. The minimum Gasteiger partial charge on any atom is -0.468 e. The first kappa shape index (κ1) is 13.1. The standard InChI is InChI=1S/C13H21N3O2/c1-9-7-10(2)16(15-9)8-13(14-3,11-5-6-11)12(17)18-4/h7,11,14H,5-6,8H2,1-4H3. The summed E-state index contributed by atoms with van der Waals surface area (Å²) < 4.78 is 6.87. The molecule has 100 valence electrons. The third-order valence-electron chi connectivity index (χ3n) is 3.77. The van der Waals surface area contributed by atoms with Crippen LogP contribution in [-0.4, -0.2) is 35.4 Å². The van der Waals surface area contributed by atoms with E-state index in [2.05, 4.69) is 10.4 Å². The number of nitrogens with zero attached hydrogens (tertiary/aromatic N) is 2. The second-order valence-electron chi connectivity index (χ2n) is 5.07. The zero-order valence-corrected chi connectivity index (χ0v) is 11.5. The molecule has 0 bridgehead atoms. The Labute approximate surface area is 108 Å². The molecule has 1 atom stereocenters. The van der Waals surface area contributed by atoms with E-state index in [1.54, 1.807) is 0 Å². The number of aryl methyl sites for hydroxylation is 2. The molecule has 1 aliphatic rings. The van der Waals surface area contributed by atoms with Crippen LogP contribution in [0.3, 0.4) is 0 Å². The summed E-state index contributed by atoms with van der Waals surface area (Å²) >= 11 is 0. The highest BCUT2D eigenvalue weighted by molar-refractivity contribution is 5.81. The van der Waals surface area contributed by atoms with Crippen LogP contribution in [0.15, 0.2) is 6.07 Å². The van der Waals surface area contributed by atoms with Gasteiger partial charge in [0.25, 0.3) is 0 Å². The molecule has 2 rings (SSSR count). The van der Waals surface area contributed by atoms with Crippen LogP contribution in [0.5, 0.6) is 0 Å². The highest BCUT2D eigenvalue weighted by Gasteiger charge is 2.51. The van der Waals surface area contributed by atoms with Crippen molar-refractivity contribution in [2.24, 2.45) is 5.92 Å². The van der Waals surface area contributed by atoms with Crippen LogP contribution in [0.4, 0.5) is 0 Å². The Hall–Kier alpha value is -1.36. The lowest BCUT2D eigenvalue weighted by atomic mass is 9.93. The van der Waals surface area contributed by atoms with Gasteiger partial charge in [0.2, 0.25) is 0 Å². The van der Waals surface area contributed by atoms with E-state index in [1.807, 2.05) is 31.6 Å². The molecule has 1 saturated carbocycles. The van der Waals surface area contributed by atoms with Gasteiger partial charge in [-0.05, 0) is 45.7 Å². The first-order valence-corrected chi connectivity index (χ1v) is 6.32. The summed E-state index contributed by atoms with van der Waals surface area (Å²) in [7, 11) is 3.26. The van der Waals surface area contributed by atoms with Crippen LogP contribution in [0, 0.1) is 19.8 Å². The highest BCUT2D eigenvalue weighted by Crippen LogP contribution is 2.41.